The minimum Gasteiger partial charge on any atom is -0.462 e. The number of nitrogens with one attached hydrogen (secondary N) is 1. The van der Waals surface area contributed by atoms with E-state index in [-0.39, 0.29) is 35.4 Å². The molecule has 10 heteroatoms. The molecule has 0 radical (unpaired) electrons. The SMILES string of the molecule is CCOC(=O)c1c(C)[nH]c(C(=O)COC(=O)[C@@H](CCSC)N2C(=O)c3ccccc3C2=O)c1C. The summed E-state index contributed by atoms with van der Waals surface area (Å²) in [5.41, 5.74) is 1.73. The second kappa shape index (κ2) is 10.7. The van der Waals surface area contributed by atoms with E-state index in [1.165, 1.54) is 23.9 Å². The molecule has 1 aliphatic rings. The van der Waals surface area contributed by atoms with Crippen molar-refractivity contribution < 1.29 is 33.4 Å². The number of aromatic amines is 1. The van der Waals surface area contributed by atoms with Gasteiger partial charge in [0.25, 0.3) is 11.8 Å². The molecule has 0 spiro atoms. The number of carbonyl (C=O) groups excluding carboxylic acids is 5. The maximum Gasteiger partial charge on any atom is 0.340 e. The summed E-state index contributed by atoms with van der Waals surface area (Å²) in [6, 6.07) is 5.20. The first-order valence-corrected chi connectivity index (χ1v) is 12.1. The molecule has 9 nitrogen and oxygen atoms in total. The quantitative estimate of drug-likeness (QED) is 0.309. The first-order chi connectivity index (χ1) is 16.2. The van der Waals surface area contributed by atoms with Gasteiger partial charge in [-0.1, -0.05) is 12.1 Å². The Hall–Kier alpha value is -3.40. The van der Waals surface area contributed by atoms with Crippen LogP contribution in [0.1, 0.15) is 66.2 Å². The van der Waals surface area contributed by atoms with Crippen LogP contribution in [0, 0.1) is 13.8 Å². The molecular weight excluding hydrogens is 460 g/mol. The van der Waals surface area contributed by atoms with Crippen LogP contribution in [-0.2, 0) is 14.3 Å². The highest BCUT2D eigenvalue weighted by Gasteiger charge is 2.43. The van der Waals surface area contributed by atoms with Crippen LogP contribution in [0.4, 0.5) is 0 Å². The topological polar surface area (TPSA) is 123 Å². The second-order valence-corrected chi connectivity index (χ2v) is 8.69. The number of carbonyl (C=O) groups is 5. The molecule has 1 aromatic carbocycles. The normalized spacial score (nSPS) is 13.6. The Balaban J connectivity index is 1.76. The highest BCUT2D eigenvalue weighted by Crippen LogP contribution is 2.27. The fourth-order valence-corrected chi connectivity index (χ4v) is 4.38. The van der Waals surface area contributed by atoms with E-state index in [2.05, 4.69) is 4.98 Å². The predicted octanol–water partition coefficient (Wildman–Crippen LogP) is 2.95. The summed E-state index contributed by atoms with van der Waals surface area (Å²) in [5, 5.41) is 0. The number of esters is 2. The summed E-state index contributed by atoms with van der Waals surface area (Å²) in [6.07, 6.45) is 2.03. The van der Waals surface area contributed by atoms with Gasteiger partial charge in [-0.2, -0.15) is 11.8 Å². The van der Waals surface area contributed by atoms with Crippen LogP contribution >= 0.6 is 11.8 Å². The van der Waals surface area contributed by atoms with Crippen molar-refractivity contribution in [3.05, 3.63) is 57.9 Å². The number of H-pyrrole nitrogens is 1. The molecule has 3 rings (SSSR count). The Morgan fingerprint density at radius 3 is 2.24 bits per heavy atom. The molecule has 1 atom stereocenters. The zero-order chi connectivity index (χ0) is 25.0. The number of aryl methyl sites for hydroxylation is 1. The molecule has 0 aliphatic carbocycles. The number of aromatic nitrogens is 1. The molecule has 1 N–H and O–H groups in total. The van der Waals surface area contributed by atoms with Gasteiger partial charge in [0.2, 0.25) is 5.78 Å². The molecule has 0 saturated heterocycles. The van der Waals surface area contributed by atoms with Crippen LogP contribution in [0.2, 0.25) is 0 Å². The zero-order valence-electron chi connectivity index (χ0n) is 19.4. The molecule has 0 unspecified atom stereocenters. The van der Waals surface area contributed by atoms with Crippen molar-refractivity contribution in [2.24, 2.45) is 0 Å². The Morgan fingerprint density at radius 1 is 1.06 bits per heavy atom. The maximum absolute atomic E-state index is 13.0. The summed E-state index contributed by atoms with van der Waals surface area (Å²) < 4.78 is 10.3. The number of amides is 2. The minimum absolute atomic E-state index is 0.134. The van der Waals surface area contributed by atoms with Crippen molar-refractivity contribution in [2.75, 3.05) is 25.2 Å². The molecular formula is C24H26N2O7S. The maximum atomic E-state index is 13.0. The number of hydrogen-bond acceptors (Lipinski definition) is 8. The highest BCUT2D eigenvalue weighted by atomic mass is 32.2. The first-order valence-electron chi connectivity index (χ1n) is 10.7. The van der Waals surface area contributed by atoms with E-state index in [0.717, 1.165) is 4.90 Å². The second-order valence-electron chi connectivity index (χ2n) is 7.70. The Kier molecular flexibility index (Phi) is 7.93. The van der Waals surface area contributed by atoms with E-state index in [1.807, 2.05) is 6.26 Å². The first kappa shape index (κ1) is 25.2. The van der Waals surface area contributed by atoms with E-state index < -0.39 is 42.2 Å². The van der Waals surface area contributed by atoms with Crippen molar-refractivity contribution in [3.8, 4) is 0 Å². The summed E-state index contributed by atoms with van der Waals surface area (Å²) in [7, 11) is 0. The van der Waals surface area contributed by atoms with Gasteiger partial charge in [0.1, 0.15) is 6.04 Å². The van der Waals surface area contributed by atoms with Gasteiger partial charge < -0.3 is 14.5 Å². The molecule has 2 heterocycles. The molecule has 0 saturated carbocycles. The van der Waals surface area contributed by atoms with E-state index in [4.69, 9.17) is 9.47 Å². The summed E-state index contributed by atoms with van der Waals surface area (Å²) in [4.78, 5) is 67.4. The number of nitrogens with zero attached hydrogens (tertiary/aromatic N) is 1. The van der Waals surface area contributed by atoms with Crippen LogP contribution in [0.5, 0.6) is 0 Å². The predicted molar refractivity (Wildman–Crippen MR) is 125 cm³/mol. The molecule has 0 fully saturated rings. The van der Waals surface area contributed by atoms with Crippen LogP contribution < -0.4 is 0 Å². The average Bonchev–Trinajstić information content (AvgIpc) is 3.25. The molecule has 1 aliphatic heterocycles. The number of rotatable bonds is 10. The van der Waals surface area contributed by atoms with Gasteiger partial charge in [-0.3, -0.25) is 19.3 Å². The van der Waals surface area contributed by atoms with Crippen molar-refractivity contribution in [2.45, 2.75) is 33.2 Å². The number of ketones is 1. The van der Waals surface area contributed by atoms with Gasteiger partial charge >= 0.3 is 11.9 Å². The van der Waals surface area contributed by atoms with Gasteiger partial charge in [0.15, 0.2) is 6.61 Å². The van der Waals surface area contributed by atoms with Crippen LogP contribution in [-0.4, -0.2) is 70.7 Å². The Labute approximate surface area is 201 Å². The lowest BCUT2D eigenvalue weighted by molar-refractivity contribution is -0.147. The molecule has 0 bridgehead atoms. The van der Waals surface area contributed by atoms with E-state index >= 15 is 0 Å². The molecule has 180 valence electrons. The van der Waals surface area contributed by atoms with Gasteiger partial charge in [0.05, 0.1) is 29.0 Å². The summed E-state index contributed by atoms with van der Waals surface area (Å²) in [5.74, 6) is -2.57. The van der Waals surface area contributed by atoms with Crippen molar-refractivity contribution in [3.63, 3.8) is 0 Å². The van der Waals surface area contributed by atoms with Crippen molar-refractivity contribution in [1.82, 2.24) is 9.88 Å². The monoisotopic (exact) mass is 486 g/mol. The summed E-state index contributed by atoms with van der Waals surface area (Å²) in [6.45, 7) is 4.51. The minimum atomic E-state index is -1.16. The van der Waals surface area contributed by atoms with Crippen LogP contribution in [0.15, 0.2) is 24.3 Å². The Bertz CT molecular complexity index is 1120. The largest absolute Gasteiger partial charge is 0.462 e. The number of benzene rings is 1. The summed E-state index contributed by atoms with van der Waals surface area (Å²) >= 11 is 1.45. The molecule has 2 amide bonds. The fourth-order valence-electron chi connectivity index (χ4n) is 3.92. The number of fused-ring (bicyclic) bond motifs is 1. The zero-order valence-corrected chi connectivity index (χ0v) is 20.2. The van der Waals surface area contributed by atoms with E-state index in [0.29, 0.717) is 17.0 Å². The van der Waals surface area contributed by atoms with Gasteiger partial charge in [-0.25, -0.2) is 9.59 Å². The van der Waals surface area contributed by atoms with Gasteiger partial charge in [-0.15, -0.1) is 0 Å². The lowest BCUT2D eigenvalue weighted by Crippen LogP contribution is -2.46. The van der Waals surface area contributed by atoms with Gasteiger partial charge in [0, 0.05) is 5.69 Å². The van der Waals surface area contributed by atoms with Crippen molar-refractivity contribution >= 4 is 41.3 Å². The lowest BCUT2D eigenvalue weighted by Gasteiger charge is -2.24. The number of Topliss-reactive ketones (excluding diaryl/α,β-unsaturated/α-hetero) is 1. The third-order valence-corrected chi connectivity index (χ3v) is 6.19. The smallest absolute Gasteiger partial charge is 0.340 e. The molecule has 34 heavy (non-hydrogen) atoms. The average molecular weight is 487 g/mol. The van der Waals surface area contributed by atoms with Crippen LogP contribution in [0.3, 0.4) is 0 Å². The van der Waals surface area contributed by atoms with E-state index in [1.54, 1.807) is 32.9 Å². The fraction of sp³-hybridized carbons (Fsp3) is 0.375. The third kappa shape index (κ3) is 4.77. The molecule has 1 aromatic heterocycles. The number of thioether (sulfide) groups is 1. The number of ether oxygens (including phenoxy) is 2. The van der Waals surface area contributed by atoms with E-state index in [9.17, 15) is 24.0 Å². The number of hydrogen-bond donors (Lipinski definition) is 1. The third-order valence-electron chi connectivity index (χ3n) is 5.55. The lowest BCUT2D eigenvalue weighted by atomic mass is 10.1. The Morgan fingerprint density at radius 2 is 1.68 bits per heavy atom. The van der Waals surface area contributed by atoms with Gasteiger partial charge in [-0.05, 0) is 56.9 Å². The highest BCUT2D eigenvalue weighted by molar-refractivity contribution is 7.98. The standard InChI is InChI=1S/C24H26N2O7S/c1-5-32-24(31)19-13(2)20(25-14(19)3)18(27)12-33-23(30)17(10-11-34-4)26-21(28)15-8-6-7-9-16(15)22(26)29/h6-9,17,25H,5,10-12H2,1-4H3/t17-/m1/s1. The molecule has 2 aromatic rings. The van der Waals surface area contributed by atoms with Crippen LogP contribution in [0.25, 0.3) is 0 Å². The number of imide groups is 1. The van der Waals surface area contributed by atoms with Crippen molar-refractivity contribution in [1.29, 1.82) is 0 Å².